The number of carbonyl (C=O) groups excluding carboxylic acids is 1. The lowest BCUT2D eigenvalue weighted by atomic mass is 10.3. The van der Waals surface area contributed by atoms with Gasteiger partial charge in [0.25, 0.3) is 5.91 Å². The van der Waals surface area contributed by atoms with Crippen LogP contribution in [0.15, 0.2) is 35.5 Å². The van der Waals surface area contributed by atoms with Crippen LogP contribution in [0, 0.1) is 0 Å². The molecule has 0 aliphatic rings. The summed E-state index contributed by atoms with van der Waals surface area (Å²) in [6.45, 7) is 1.72. The van der Waals surface area contributed by atoms with E-state index in [-0.39, 0.29) is 5.91 Å². The van der Waals surface area contributed by atoms with Gasteiger partial charge in [-0.3, -0.25) is 10.1 Å². The van der Waals surface area contributed by atoms with E-state index >= 15 is 0 Å². The number of hydrogen-bond acceptors (Lipinski definition) is 7. The quantitative estimate of drug-likeness (QED) is 0.774. The van der Waals surface area contributed by atoms with Gasteiger partial charge in [0.2, 0.25) is 5.13 Å². The number of nitrogens with one attached hydrogen (secondary N) is 1. The van der Waals surface area contributed by atoms with Crippen molar-refractivity contribution in [1.29, 1.82) is 0 Å². The highest BCUT2D eigenvalue weighted by Crippen LogP contribution is 2.19. The summed E-state index contributed by atoms with van der Waals surface area (Å²) in [5, 5.41) is 15.6. The molecular weight excluding hydrogens is 304 g/mol. The summed E-state index contributed by atoms with van der Waals surface area (Å²) in [6, 6.07) is 3.16. The van der Waals surface area contributed by atoms with Crippen molar-refractivity contribution in [1.82, 2.24) is 25.0 Å². The maximum atomic E-state index is 12.1. The molecule has 3 aromatic rings. The Morgan fingerprint density at radius 1 is 1.45 bits per heavy atom. The molecule has 3 heterocycles. The molecule has 1 N–H and O–H groups in total. The van der Waals surface area contributed by atoms with Crippen molar-refractivity contribution in [3.05, 3.63) is 41.8 Å². The Labute approximate surface area is 129 Å². The number of aromatic nitrogens is 5. The Morgan fingerprint density at radius 2 is 2.36 bits per heavy atom. The minimum atomic E-state index is -0.478. The Bertz CT molecular complexity index is 762. The lowest BCUT2D eigenvalue weighted by Crippen LogP contribution is -2.23. The van der Waals surface area contributed by atoms with Crippen LogP contribution in [-0.2, 0) is 4.79 Å². The van der Waals surface area contributed by atoms with Gasteiger partial charge in [-0.05, 0) is 31.2 Å². The van der Waals surface area contributed by atoms with Crippen molar-refractivity contribution in [2.45, 2.75) is 13.0 Å². The molecule has 0 aliphatic heterocycles. The van der Waals surface area contributed by atoms with Crippen molar-refractivity contribution in [3.63, 3.8) is 0 Å². The fraction of sp³-hybridized carbons (Fsp3) is 0.154. The van der Waals surface area contributed by atoms with Crippen LogP contribution in [0.25, 0.3) is 12.2 Å². The monoisotopic (exact) mass is 316 g/mol. The summed E-state index contributed by atoms with van der Waals surface area (Å²) in [5.41, 5.74) is 0. The summed E-state index contributed by atoms with van der Waals surface area (Å²) >= 11 is 1.27. The predicted octanol–water partition coefficient (Wildman–Crippen LogP) is 2.09. The molecule has 0 saturated carbocycles. The highest BCUT2D eigenvalue weighted by molar-refractivity contribution is 7.16. The Morgan fingerprint density at radius 3 is 3.09 bits per heavy atom. The molecule has 3 rings (SSSR count). The Kier molecular flexibility index (Phi) is 4.05. The van der Waals surface area contributed by atoms with E-state index in [1.165, 1.54) is 28.7 Å². The zero-order valence-electron chi connectivity index (χ0n) is 11.6. The van der Waals surface area contributed by atoms with E-state index in [9.17, 15) is 4.79 Å². The van der Waals surface area contributed by atoms with E-state index in [4.69, 9.17) is 4.42 Å². The zero-order valence-corrected chi connectivity index (χ0v) is 12.4. The fourth-order valence-electron chi connectivity index (χ4n) is 1.64. The van der Waals surface area contributed by atoms with Gasteiger partial charge in [-0.15, -0.1) is 10.2 Å². The van der Waals surface area contributed by atoms with Gasteiger partial charge in [-0.25, -0.2) is 9.67 Å². The maximum Gasteiger partial charge on any atom is 0.250 e. The molecule has 3 aromatic heterocycles. The number of nitrogens with zero attached hydrogens (tertiary/aromatic N) is 5. The van der Waals surface area contributed by atoms with Crippen LogP contribution in [0.1, 0.15) is 23.7 Å². The molecule has 1 amide bonds. The number of rotatable bonds is 5. The molecule has 22 heavy (non-hydrogen) atoms. The number of furan rings is 1. The van der Waals surface area contributed by atoms with Crippen LogP contribution in [0.4, 0.5) is 5.13 Å². The van der Waals surface area contributed by atoms with Gasteiger partial charge in [0.15, 0.2) is 0 Å². The molecule has 9 heteroatoms. The zero-order chi connectivity index (χ0) is 15.4. The topological polar surface area (TPSA) is 98.7 Å². The summed E-state index contributed by atoms with van der Waals surface area (Å²) in [7, 11) is 0. The normalized spacial score (nSPS) is 12.6. The van der Waals surface area contributed by atoms with Crippen molar-refractivity contribution >= 4 is 34.5 Å². The van der Waals surface area contributed by atoms with Crippen LogP contribution in [-0.4, -0.2) is 30.9 Å². The first-order valence-corrected chi connectivity index (χ1v) is 7.24. The number of carbonyl (C=O) groups is 1. The summed E-state index contributed by atoms with van der Waals surface area (Å²) < 4.78 is 6.65. The number of anilines is 1. The van der Waals surface area contributed by atoms with Gasteiger partial charge in [0.05, 0.1) is 6.26 Å². The van der Waals surface area contributed by atoms with Crippen LogP contribution in [0.3, 0.4) is 0 Å². The molecule has 0 fully saturated rings. The van der Waals surface area contributed by atoms with Crippen molar-refractivity contribution in [2.75, 3.05) is 5.32 Å². The molecule has 0 bridgehead atoms. The average molecular weight is 316 g/mol. The van der Waals surface area contributed by atoms with Gasteiger partial charge in [-0.2, -0.15) is 5.10 Å². The second-order valence-corrected chi connectivity index (χ2v) is 5.34. The third kappa shape index (κ3) is 3.26. The SMILES string of the molecule is CC(C(=O)Nc1nnc(C=Cc2ccco2)s1)n1cncn1. The molecule has 1 atom stereocenters. The second kappa shape index (κ2) is 6.31. The number of hydrogen-bond donors (Lipinski definition) is 1. The second-order valence-electron chi connectivity index (χ2n) is 4.33. The van der Waals surface area contributed by atoms with Gasteiger partial charge in [0, 0.05) is 0 Å². The standard InChI is InChI=1S/C13H12N6O2S/c1-9(19-8-14-7-15-19)12(20)16-13-18-17-11(22-13)5-4-10-3-2-6-21-10/h2-9H,1H3,(H,16,18,20). The third-order valence-electron chi connectivity index (χ3n) is 2.82. The van der Waals surface area contributed by atoms with E-state index in [0.29, 0.717) is 10.1 Å². The van der Waals surface area contributed by atoms with E-state index < -0.39 is 6.04 Å². The summed E-state index contributed by atoms with van der Waals surface area (Å²) in [5.74, 6) is 0.490. The average Bonchev–Trinajstić information content (AvgIpc) is 3.26. The molecule has 0 saturated heterocycles. The maximum absolute atomic E-state index is 12.1. The minimum Gasteiger partial charge on any atom is -0.465 e. The van der Waals surface area contributed by atoms with E-state index in [1.807, 2.05) is 6.07 Å². The highest BCUT2D eigenvalue weighted by atomic mass is 32.1. The van der Waals surface area contributed by atoms with Crippen molar-refractivity contribution in [3.8, 4) is 0 Å². The van der Waals surface area contributed by atoms with Crippen LogP contribution in [0.5, 0.6) is 0 Å². The first-order chi connectivity index (χ1) is 10.7. The first-order valence-electron chi connectivity index (χ1n) is 6.42. The molecular formula is C13H12N6O2S. The van der Waals surface area contributed by atoms with Crippen LogP contribution >= 0.6 is 11.3 Å². The van der Waals surface area contributed by atoms with Crippen LogP contribution in [0.2, 0.25) is 0 Å². The van der Waals surface area contributed by atoms with E-state index in [0.717, 1.165) is 5.76 Å². The van der Waals surface area contributed by atoms with Gasteiger partial charge in [0.1, 0.15) is 29.5 Å². The minimum absolute atomic E-state index is 0.233. The van der Waals surface area contributed by atoms with Crippen molar-refractivity contribution in [2.24, 2.45) is 0 Å². The van der Waals surface area contributed by atoms with Crippen molar-refractivity contribution < 1.29 is 9.21 Å². The number of amides is 1. The Balaban J connectivity index is 1.63. The van der Waals surface area contributed by atoms with Crippen LogP contribution < -0.4 is 5.32 Å². The summed E-state index contributed by atoms with van der Waals surface area (Å²) in [6.07, 6.45) is 8.02. The molecule has 0 radical (unpaired) electrons. The first kappa shape index (κ1) is 14.1. The molecule has 112 valence electrons. The molecule has 0 aliphatic carbocycles. The lowest BCUT2D eigenvalue weighted by Gasteiger charge is -2.09. The molecule has 0 aromatic carbocycles. The molecule has 8 nitrogen and oxygen atoms in total. The third-order valence-corrected chi connectivity index (χ3v) is 3.62. The van der Waals surface area contributed by atoms with Gasteiger partial charge < -0.3 is 4.42 Å². The van der Waals surface area contributed by atoms with E-state index in [1.54, 1.807) is 31.4 Å². The Hall–Kier alpha value is -2.81. The van der Waals surface area contributed by atoms with E-state index in [2.05, 4.69) is 25.6 Å². The van der Waals surface area contributed by atoms with Gasteiger partial charge in [-0.1, -0.05) is 11.3 Å². The predicted molar refractivity (Wildman–Crippen MR) is 80.9 cm³/mol. The largest absolute Gasteiger partial charge is 0.465 e. The highest BCUT2D eigenvalue weighted by Gasteiger charge is 2.17. The van der Waals surface area contributed by atoms with Gasteiger partial charge >= 0.3 is 0 Å². The smallest absolute Gasteiger partial charge is 0.250 e. The lowest BCUT2D eigenvalue weighted by molar-refractivity contribution is -0.119. The molecule has 1 unspecified atom stereocenters. The summed E-state index contributed by atoms with van der Waals surface area (Å²) in [4.78, 5) is 15.9. The fourth-order valence-corrected chi connectivity index (χ4v) is 2.29. The molecule has 0 spiro atoms.